The maximum absolute atomic E-state index is 13.5. The molecule has 0 aromatic heterocycles. The van der Waals surface area contributed by atoms with Gasteiger partial charge in [0.1, 0.15) is 0 Å². The summed E-state index contributed by atoms with van der Waals surface area (Å²) < 4.78 is 97.0. The van der Waals surface area contributed by atoms with Gasteiger partial charge in [-0.15, -0.1) is 0 Å². The fraction of sp³-hybridized carbons (Fsp3) is 0.643. The quantitative estimate of drug-likeness (QED) is 0.0496. The molecule has 0 aliphatic heterocycles. The highest BCUT2D eigenvalue weighted by Gasteiger charge is 2.49. The Kier molecular flexibility index (Phi) is 14.4. The van der Waals surface area contributed by atoms with E-state index >= 15 is 0 Å². The van der Waals surface area contributed by atoms with E-state index in [1.54, 1.807) is 0 Å². The fourth-order valence-electron chi connectivity index (χ4n) is 4.65. The Bertz CT molecular complexity index is 1010. The third-order valence-electron chi connectivity index (χ3n) is 6.88. The lowest BCUT2D eigenvalue weighted by Gasteiger charge is -2.09. The minimum atomic E-state index is -2.35. The van der Waals surface area contributed by atoms with Crippen LogP contribution in [0.2, 0.25) is 0 Å². The molecule has 2 aliphatic carbocycles. The van der Waals surface area contributed by atoms with Crippen LogP contribution in [-0.4, -0.2) is 78.1 Å². The van der Waals surface area contributed by atoms with Gasteiger partial charge in [-0.05, 0) is 43.4 Å². The van der Waals surface area contributed by atoms with Crippen molar-refractivity contribution in [3.63, 3.8) is 0 Å². The summed E-state index contributed by atoms with van der Waals surface area (Å²) in [5, 5.41) is 2.67. The van der Waals surface area contributed by atoms with Gasteiger partial charge in [0, 0.05) is 6.54 Å². The van der Waals surface area contributed by atoms with E-state index in [0.29, 0.717) is 57.3 Å². The summed E-state index contributed by atoms with van der Waals surface area (Å²) in [5.41, 5.74) is 0. The van der Waals surface area contributed by atoms with Crippen LogP contribution in [0.4, 0.5) is 26.7 Å². The lowest BCUT2D eigenvalue weighted by Crippen LogP contribution is -2.29. The van der Waals surface area contributed by atoms with Gasteiger partial charge in [-0.3, -0.25) is 4.79 Å². The van der Waals surface area contributed by atoms with Crippen LogP contribution in [0.1, 0.15) is 32.1 Å². The lowest BCUT2D eigenvalue weighted by atomic mass is 10.1. The smallest absolute Gasteiger partial charge is 0.407 e. The zero-order valence-electron chi connectivity index (χ0n) is 23.1. The fourth-order valence-corrected chi connectivity index (χ4v) is 4.65. The summed E-state index contributed by atoms with van der Waals surface area (Å²) in [6.45, 7) is 2.35. The molecule has 0 spiro atoms. The van der Waals surface area contributed by atoms with E-state index in [-0.39, 0.29) is 26.4 Å². The second-order valence-corrected chi connectivity index (χ2v) is 9.72. The number of allylic oxidation sites excluding steroid dienone is 2. The molecule has 2 aliphatic rings. The number of fused-ring (bicyclic) bond motifs is 1. The number of hydrogen-bond donors (Lipinski definition) is 1. The van der Waals surface area contributed by atoms with Gasteiger partial charge < -0.3 is 33.7 Å². The third-order valence-corrected chi connectivity index (χ3v) is 6.88. The van der Waals surface area contributed by atoms with Crippen LogP contribution < -0.4 is 10.1 Å². The van der Waals surface area contributed by atoms with E-state index in [9.17, 15) is 31.5 Å². The lowest BCUT2D eigenvalue weighted by molar-refractivity contribution is -0.136. The van der Waals surface area contributed by atoms with Gasteiger partial charge >= 0.3 is 12.1 Å². The Morgan fingerprint density at radius 3 is 1.71 bits per heavy atom. The zero-order chi connectivity index (χ0) is 30.3. The molecule has 2 atom stereocenters. The molecular formula is C28H36F5NO8. The largest absolute Gasteiger partial charge is 0.449 e. The van der Waals surface area contributed by atoms with E-state index < -0.39 is 53.3 Å². The van der Waals surface area contributed by atoms with Crippen molar-refractivity contribution in [1.82, 2.24) is 5.32 Å². The first-order valence-electron chi connectivity index (χ1n) is 13.9. The summed E-state index contributed by atoms with van der Waals surface area (Å²) >= 11 is 0. The van der Waals surface area contributed by atoms with Crippen molar-refractivity contribution in [1.29, 1.82) is 0 Å². The molecule has 1 aromatic rings. The number of rotatable bonds is 18. The number of carbonyl (C=O) groups is 2. The van der Waals surface area contributed by atoms with Crippen molar-refractivity contribution in [3.05, 3.63) is 41.2 Å². The van der Waals surface area contributed by atoms with Gasteiger partial charge in [0.25, 0.3) is 0 Å². The first kappa shape index (κ1) is 33.7. The van der Waals surface area contributed by atoms with E-state index in [0.717, 1.165) is 12.8 Å². The number of carbonyl (C=O) groups excluding carboxylic acids is 2. The molecule has 2 unspecified atom stereocenters. The van der Waals surface area contributed by atoms with Crippen molar-refractivity contribution < 1.29 is 60.0 Å². The predicted molar refractivity (Wildman–Crippen MR) is 137 cm³/mol. The molecule has 9 nitrogen and oxygen atoms in total. The van der Waals surface area contributed by atoms with Crippen molar-refractivity contribution in [3.8, 4) is 5.75 Å². The SMILES string of the molecule is O=C(CCOCCOCCOCCOCCNC(=O)OCC1C2CC/C=C\CCC21)Oc1c(F)c(F)c(F)c(F)c1F. The van der Waals surface area contributed by atoms with Crippen molar-refractivity contribution in [2.24, 2.45) is 17.8 Å². The van der Waals surface area contributed by atoms with Gasteiger partial charge in [0.2, 0.25) is 34.8 Å². The number of halogens is 5. The Morgan fingerprint density at radius 1 is 0.690 bits per heavy atom. The molecule has 14 heteroatoms. The van der Waals surface area contributed by atoms with E-state index in [4.69, 9.17) is 23.7 Å². The number of alkyl carbamates (subject to hydrolysis) is 1. The maximum Gasteiger partial charge on any atom is 0.407 e. The number of nitrogens with one attached hydrogen (secondary N) is 1. The van der Waals surface area contributed by atoms with Crippen LogP contribution in [-0.2, 0) is 28.5 Å². The molecular weight excluding hydrogens is 573 g/mol. The number of amides is 1. The average Bonchev–Trinajstić information content (AvgIpc) is 3.62. The van der Waals surface area contributed by atoms with Crippen molar-refractivity contribution in [2.75, 3.05) is 66.0 Å². The number of hydrogen-bond acceptors (Lipinski definition) is 8. The summed E-state index contributed by atoms with van der Waals surface area (Å²) in [6, 6.07) is 0. The van der Waals surface area contributed by atoms with Gasteiger partial charge in [-0.25, -0.2) is 18.0 Å². The second kappa shape index (κ2) is 18.0. The Hall–Kier alpha value is -2.81. The number of ether oxygens (including phenoxy) is 6. The first-order valence-corrected chi connectivity index (χ1v) is 13.9. The van der Waals surface area contributed by atoms with Crippen LogP contribution in [0.25, 0.3) is 0 Å². The summed E-state index contributed by atoms with van der Waals surface area (Å²) in [4.78, 5) is 23.5. The highest BCUT2D eigenvalue weighted by Crippen LogP contribution is 2.52. The molecule has 0 bridgehead atoms. The summed E-state index contributed by atoms with van der Waals surface area (Å²) in [6.07, 6.45) is 8.10. The van der Waals surface area contributed by atoms with E-state index in [1.165, 1.54) is 12.8 Å². The van der Waals surface area contributed by atoms with Crippen molar-refractivity contribution in [2.45, 2.75) is 32.1 Å². The second-order valence-electron chi connectivity index (χ2n) is 9.72. The van der Waals surface area contributed by atoms with Crippen molar-refractivity contribution >= 4 is 12.1 Å². The summed E-state index contributed by atoms with van der Waals surface area (Å²) in [5.74, 6) is -12.3. The molecule has 1 saturated carbocycles. The number of benzene rings is 1. The first-order chi connectivity index (χ1) is 20.3. The molecule has 0 heterocycles. The standard InChI is InChI=1S/C28H36F5NO8/c29-22-23(30)25(32)27(26(33)24(22)31)42-21(35)7-9-37-11-13-39-15-16-40-14-12-38-10-8-34-28(36)41-17-20-18-5-3-1-2-4-6-19(18)20/h1-2,18-20H,3-17H2,(H,34,36)/b2-1-. The molecule has 0 saturated heterocycles. The molecule has 1 N–H and O–H groups in total. The Morgan fingerprint density at radius 2 is 1.17 bits per heavy atom. The van der Waals surface area contributed by atoms with E-state index in [1.807, 2.05) is 0 Å². The van der Waals surface area contributed by atoms with Gasteiger partial charge in [0.05, 0.1) is 65.9 Å². The molecule has 1 fully saturated rings. The monoisotopic (exact) mass is 609 g/mol. The van der Waals surface area contributed by atoms with Crippen LogP contribution in [0.15, 0.2) is 12.2 Å². The van der Waals surface area contributed by atoms with Crippen LogP contribution in [0.5, 0.6) is 5.75 Å². The van der Waals surface area contributed by atoms with Gasteiger partial charge in [0.15, 0.2) is 0 Å². The Balaban J connectivity index is 1.07. The van der Waals surface area contributed by atoms with Gasteiger partial charge in [-0.1, -0.05) is 12.2 Å². The molecule has 42 heavy (non-hydrogen) atoms. The molecule has 3 rings (SSSR count). The van der Waals surface area contributed by atoms with Gasteiger partial charge in [-0.2, -0.15) is 8.78 Å². The normalized spacial score (nSPS) is 20.3. The average molecular weight is 610 g/mol. The highest BCUT2D eigenvalue weighted by molar-refractivity contribution is 5.72. The Labute approximate surface area is 240 Å². The summed E-state index contributed by atoms with van der Waals surface area (Å²) in [7, 11) is 0. The minimum absolute atomic E-state index is 0.0770. The number of esters is 1. The minimum Gasteiger partial charge on any atom is -0.449 e. The van der Waals surface area contributed by atoms with E-state index in [2.05, 4.69) is 22.2 Å². The maximum atomic E-state index is 13.5. The van der Waals surface area contributed by atoms with Crippen LogP contribution in [0, 0.1) is 46.8 Å². The molecule has 1 amide bonds. The molecule has 0 radical (unpaired) electrons. The third kappa shape index (κ3) is 10.8. The molecule has 236 valence electrons. The van der Waals surface area contributed by atoms with Crippen LogP contribution >= 0.6 is 0 Å². The zero-order valence-corrected chi connectivity index (χ0v) is 23.1. The predicted octanol–water partition coefficient (Wildman–Crippen LogP) is 4.46. The van der Waals surface area contributed by atoms with Crippen LogP contribution in [0.3, 0.4) is 0 Å². The molecule has 1 aromatic carbocycles. The topological polar surface area (TPSA) is 102 Å². The highest BCUT2D eigenvalue weighted by atomic mass is 19.2.